The number of piperazine rings is 1. The normalized spacial score (nSPS) is 13.9. The summed E-state index contributed by atoms with van der Waals surface area (Å²) in [7, 11) is 3.24. The number of carbonyl (C=O) groups is 2. The summed E-state index contributed by atoms with van der Waals surface area (Å²) in [5, 5.41) is 2.77. The van der Waals surface area contributed by atoms with Crippen LogP contribution in [0.5, 0.6) is 5.75 Å². The van der Waals surface area contributed by atoms with E-state index in [1.165, 1.54) is 0 Å². The summed E-state index contributed by atoms with van der Waals surface area (Å²) < 4.78 is 10.1. The molecule has 1 heterocycles. The molecular weight excluding hydrogens is 370 g/mol. The lowest BCUT2D eigenvalue weighted by molar-refractivity contribution is 0.0746. The lowest BCUT2D eigenvalue weighted by Crippen LogP contribution is -2.48. The summed E-state index contributed by atoms with van der Waals surface area (Å²) >= 11 is 0. The molecule has 3 rings (SSSR count). The van der Waals surface area contributed by atoms with Crippen LogP contribution >= 0.6 is 0 Å². The molecule has 2 aromatic rings. The summed E-state index contributed by atoms with van der Waals surface area (Å²) in [5.74, 6) is 0.651. The van der Waals surface area contributed by atoms with E-state index >= 15 is 0 Å². The van der Waals surface area contributed by atoms with E-state index in [4.69, 9.17) is 9.47 Å². The number of ether oxygens (including phenoxy) is 2. The molecule has 0 saturated carbocycles. The molecule has 1 N–H and O–H groups in total. The third-order valence-electron chi connectivity index (χ3n) is 4.99. The van der Waals surface area contributed by atoms with E-state index in [0.717, 1.165) is 24.5 Å². The molecule has 0 spiro atoms. The van der Waals surface area contributed by atoms with Gasteiger partial charge in [-0.2, -0.15) is 0 Å². The van der Waals surface area contributed by atoms with Crippen LogP contribution in [0.3, 0.4) is 0 Å². The van der Waals surface area contributed by atoms with Crippen molar-refractivity contribution in [2.24, 2.45) is 0 Å². The Morgan fingerprint density at radius 2 is 1.52 bits per heavy atom. The maximum Gasteiger partial charge on any atom is 0.253 e. The molecule has 1 saturated heterocycles. The predicted molar refractivity (Wildman–Crippen MR) is 112 cm³/mol. The van der Waals surface area contributed by atoms with Gasteiger partial charge in [0.2, 0.25) is 0 Å². The zero-order valence-electron chi connectivity index (χ0n) is 16.9. The van der Waals surface area contributed by atoms with Gasteiger partial charge in [0.05, 0.1) is 13.7 Å². The number of carbonyl (C=O) groups excluding carboxylic acids is 2. The summed E-state index contributed by atoms with van der Waals surface area (Å²) in [6.45, 7) is 3.78. The van der Waals surface area contributed by atoms with Crippen LogP contribution in [0.15, 0.2) is 48.5 Å². The van der Waals surface area contributed by atoms with E-state index in [-0.39, 0.29) is 11.8 Å². The minimum absolute atomic E-state index is 0.00859. The van der Waals surface area contributed by atoms with Crippen molar-refractivity contribution in [2.45, 2.75) is 0 Å². The average Bonchev–Trinajstić information content (AvgIpc) is 2.79. The molecule has 0 aromatic heterocycles. The van der Waals surface area contributed by atoms with Gasteiger partial charge in [-0.05, 0) is 48.5 Å². The van der Waals surface area contributed by atoms with E-state index in [1.807, 2.05) is 29.2 Å². The number of methoxy groups -OCH3 is 2. The number of benzene rings is 2. The zero-order valence-corrected chi connectivity index (χ0v) is 16.9. The molecule has 0 bridgehead atoms. The fraction of sp³-hybridized carbons (Fsp3) is 0.364. The van der Waals surface area contributed by atoms with Gasteiger partial charge in [-0.25, -0.2) is 0 Å². The van der Waals surface area contributed by atoms with Crippen LogP contribution in [0.2, 0.25) is 0 Å². The maximum absolute atomic E-state index is 12.8. The lowest BCUT2D eigenvalue weighted by atomic mass is 10.1. The largest absolute Gasteiger partial charge is 0.497 e. The Balaban J connectivity index is 1.54. The van der Waals surface area contributed by atoms with Gasteiger partial charge >= 0.3 is 0 Å². The van der Waals surface area contributed by atoms with Crippen LogP contribution in [0.4, 0.5) is 5.69 Å². The highest BCUT2D eigenvalue weighted by molar-refractivity contribution is 5.97. The Hall–Kier alpha value is -3.06. The molecule has 7 nitrogen and oxygen atoms in total. The van der Waals surface area contributed by atoms with E-state index in [2.05, 4.69) is 10.2 Å². The van der Waals surface area contributed by atoms with Crippen LogP contribution in [-0.2, 0) is 4.74 Å². The molecule has 1 aliphatic rings. The van der Waals surface area contributed by atoms with Gasteiger partial charge in [-0.15, -0.1) is 0 Å². The Bertz CT molecular complexity index is 813. The Kier molecular flexibility index (Phi) is 7.08. The van der Waals surface area contributed by atoms with Gasteiger partial charge in [0.15, 0.2) is 0 Å². The van der Waals surface area contributed by atoms with Crippen LogP contribution in [0.25, 0.3) is 0 Å². The van der Waals surface area contributed by atoms with Crippen LogP contribution in [-0.4, -0.2) is 70.3 Å². The first-order chi connectivity index (χ1) is 14.1. The third-order valence-corrected chi connectivity index (χ3v) is 4.99. The first-order valence-electron chi connectivity index (χ1n) is 9.68. The van der Waals surface area contributed by atoms with Crippen molar-refractivity contribution in [2.75, 3.05) is 58.5 Å². The van der Waals surface area contributed by atoms with Gasteiger partial charge in [0, 0.05) is 56.6 Å². The summed E-state index contributed by atoms with van der Waals surface area (Å²) in [5.41, 5.74) is 2.25. The monoisotopic (exact) mass is 397 g/mol. The Labute approximate surface area is 171 Å². The van der Waals surface area contributed by atoms with Crippen molar-refractivity contribution in [3.63, 3.8) is 0 Å². The van der Waals surface area contributed by atoms with Crippen molar-refractivity contribution in [3.8, 4) is 5.75 Å². The quantitative estimate of drug-likeness (QED) is 0.724. The van der Waals surface area contributed by atoms with Crippen molar-refractivity contribution in [3.05, 3.63) is 59.7 Å². The molecule has 154 valence electrons. The molecule has 0 unspecified atom stereocenters. The van der Waals surface area contributed by atoms with E-state index in [0.29, 0.717) is 37.4 Å². The van der Waals surface area contributed by atoms with Gasteiger partial charge in [-0.1, -0.05) is 0 Å². The zero-order chi connectivity index (χ0) is 20.6. The minimum Gasteiger partial charge on any atom is -0.497 e. The van der Waals surface area contributed by atoms with E-state index < -0.39 is 0 Å². The van der Waals surface area contributed by atoms with Crippen molar-refractivity contribution in [1.82, 2.24) is 10.2 Å². The summed E-state index contributed by atoms with van der Waals surface area (Å²) in [6.07, 6.45) is 0. The molecule has 7 heteroatoms. The van der Waals surface area contributed by atoms with Crippen LogP contribution < -0.4 is 15.0 Å². The second-order valence-corrected chi connectivity index (χ2v) is 6.80. The minimum atomic E-state index is -0.172. The first-order valence-corrected chi connectivity index (χ1v) is 9.68. The van der Waals surface area contributed by atoms with Crippen molar-refractivity contribution in [1.29, 1.82) is 0 Å². The molecular formula is C22H27N3O4. The number of nitrogens with zero attached hydrogens (tertiary/aromatic N) is 2. The van der Waals surface area contributed by atoms with Gasteiger partial charge in [-0.3, -0.25) is 9.59 Å². The highest BCUT2D eigenvalue weighted by Gasteiger charge is 2.22. The number of hydrogen-bond donors (Lipinski definition) is 1. The highest BCUT2D eigenvalue weighted by Crippen LogP contribution is 2.21. The SMILES string of the molecule is COCCNC(=O)c1ccc(C(=O)N2CCN(c3ccc(OC)cc3)CC2)cc1. The second-order valence-electron chi connectivity index (χ2n) is 6.80. The Morgan fingerprint density at radius 3 is 2.10 bits per heavy atom. The molecule has 0 radical (unpaired) electrons. The third kappa shape index (κ3) is 5.26. The topological polar surface area (TPSA) is 71.1 Å². The van der Waals surface area contributed by atoms with Gasteiger partial charge < -0.3 is 24.6 Å². The number of anilines is 1. The maximum atomic E-state index is 12.8. The van der Waals surface area contributed by atoms with Gasteiger partial charge in [0.1, 0.15) is 5.75 Å². The molecule has 29 heavy (non-hydrogen) atoms. The standard InChI is InChI=1S/C22H27N3O4/c1-28-16-11-23-21(26)17-3-5-18(6-4-17)22(27)25-14-12-24(13-15-25)19-7-9-20(29-2)10-8-19/h3-10H,11-16H2,1-2H3,(H,23,26). The van der Waals surface area contributed by atoms with Crippen molar-refractivity contribution >= 4 is 17.5 Å². The highest BCUT2D eigenvalue weighted by atomic mass is 16.5. The smallest absolute Gasteiger partial charge is 0.253 e. The molecule has 0 aliphatic carbocycles. The molecule has 1 aliphatic heterocycles. The van der Waals surface area contributed by atoms with Gasteiger partial charge in [0.25, 0.3) is 11.8 Å². The predicted octanol–water partition coefficient (Wildman–Crippen LogP) is 2.03. The molecule has 2 aromatic carbocycles. The molecule has 0 atom stereocenters. The van der Waals surface area contributed by atoms with Crippen molar-refractivity contribution < 1.29 is 19.1 Å². The van der Waals surface area contributed by atoms with E-state index in [1.54, 1.807) is 38.5 Å². The average molecular weight is 397 g/mol. The number of amides is 2. The summed E-state index contributed by atoms with van der Waals surface area (Å²) in [4.78, 5) is 28.9. The molecule has 2 amide bonds. The van der Waals surface area contributed by atoms with Crippen LogP contribution in [0.1, 0.15) is 20.7 Å². The lowest BCUT2D eigenvalue weighted by Gasteiger charge is -2.36. The Morgan fingerprint density at radius 1 is 0.897 bits per heavy atom. The molecule has 1 fully saturated rings. The second kappa shape index (κ2) is 9.93. The summed E-state index contributed by atoms with van der Waals surface area (Å²) in [6, 6.07) is 14.7. The van der Waals surface area contributed by atoms with Crippen LogP contribution in [0, 0.1) is 0 Å². The fourth-order valence-electron chi connectivity index (χ4n) is 3.28. The van der Waals surface area contributed by atoms with E-state index in [9.17, 15) is 9.59 Å². The first kappa shape index (κ1) is 20.7. The number of rotatable bonds is 7. The fourth-order valence-corrected chi connectivity index (χ4v) is 3.28. The number of nitrogens with one attached hydrogen (secondary N) is 1. The number of hydrogen-bond acceptors (Lipinski definition) is 5.